The predicted octanol–water partition coefficient (Wildman–Crippen LogP) is 2.19. The molecule has 1 aromatic heterocycles. The molecule has 0 aliphatic rings. The van der Waals surface area contributed by atoms with E-state index in [1.807, 2.05) is 37.3 Å². The molecule has 5 heteroatoms. The third-order valence-corrected chi connectivity index (χ3v) is 3.60. The summed E-state index contributed by atoms with van der Waals surface area (Å²) in [4.78, 5) is 16.9. The third kappa shape index (κ3) is 4.15. The molecule has 1 atom stereocenters. The van der Waals surface area contributed by atoms with Gasteiger partial charge in [0.2, 0.25) is 5.91 Å². The minimum atomic E-state index is -0.760. The molecule has 1 heterocycles. The number of thiazole rings is 1. The SMILES string of the molecule is Cc1ncc(CNC(=O)CC(O)c2ccccc2)s1. The molecule has 19 heavy (non-hydrogen) atoms. The minimum Gasteiger partial charge on any atom is -0.388 e. The van der Waals surface area contributed by atoms with Crippen LogP contribution in [0, 0.1) is 6.92 Å². The molecule has 1 aromatic carbocycles. The second kappa shape index (κ2) is 6.45. The molecule has 2 aromatic rings. The Morgan fingerprint density at radius 3 is 2.79 bits per heavy atom. The molecule has 1 amide bonds. The van der Waals surface area contributed by atoms with Crippen LogP contribution < -0.4 is 5.32 Å². The first-order valence-electron chi connectivity index (χ1n) is 6.06. The minimum absolute atomic E-state index is 0.0712. The number of carbonyl (C=O) groups excluding carboxylic acids is 1. The summed E-state index contributed by atoms with van der Waals surface area (Å²) in [6.45, 7) is 2.39. The van der Waals surface area contributed by atoms with Gasteiger partial charge in [0.05, 0.1) is 24.1 Å². The molecule has 2 rings (SSSR count). The fraction of sp³-hybridized carbons (Fsp3) is 0.286. The maximum Gasteiger partial charge on any atom is 0.223 e. The van der Waals surface area contributed by atoms with E-state index in [0.717, 1.165) is 15.4 Å². The van der Waals surface area contributed by atoms with Gasteiger partial charge < -0.3 is 10.4 Å². The van der Waals surface area contributed by atoms with Gasteiger partial charge in [-0.1, -0.05) is 30.3 Å². The Morgan fingerprint density at radius 1 is 1.42 bits per heavy atom. The van der Waals surface area contributed by atoms with Gasteiger partial charge in [0.15, 0.2) is 0 Å². The van der Waals surface area contributed by atoms with Crippen LogP contribution in [-0.4, -0.2) is 16.0 Å². The van der Waals surface area contributed by atoms with E-state index in [9.17, 15) is 9.90 Å². The maximum absolute atomic E-state index is 11.7. The molecule has 0 saturated carbocycles. The summed E-state index contributed by atoms with van der Waals surface area (Å²) in [5.41, 5.74) is 0.756. The fourth-order valence-electron chi connectivity index (χ4n) is 1.71. The summed E-state index contributed by atoms with van der Waals surface area (Å²) in [5.74, 6) is -0.164. The number of hydrogen-bond acceptors (Lipinski definition) is 4. The van der Waals surface area contributed by atoms with Gasteiger partial charge in [-0.15, -0.1) is 11.3 Å². The number of benzene rings is 1. The van der Waals surface area contributed by atoms with Crippen molar-refractivity contribution >= 4 is 17.2 Å². The Balaban J connectivity index is 1.81. The van der Waals surface area contributed by atoms with Gasteiger partial charge in [0.25, 0.3) is 0 Å². The topological polar surface area (TPSA) is 62.2 Å². The normalized spacial score (nSPS) is 12.1. The summed E-state index contributed by atoms with van der Waals surface area (Å²) in [5, 5.41) is 13.7. The lowest BCUT2D eigenvalue weighted by atomic mass is 10.1. The third-order valence-electron chi connectivity index (χ3n) is 2.69. The van der Waals surface area contributed by atoms with Crippen molar-refractivity contribution in [3.8, 4) is 0 Å². The highest BCUT2D eigenvalue weighted by Crippen LogP contribution is 2.16. The zero-order chi connectivity index (χ0) is 13.7. The molecule has 1 unspecified atom stereocenters. The lowest BCUT2D eigenvalue weighted by Gasteiger charge is -2.10. The molecule has 100 valence electrons. The van der Waals surface area contributed by atoms with E-state index in [0.29, 0.717) is 6.54 Å². The Hall–Kier alpha value is -1.72. The summed E-state index contributed by atoms with van der Waals surface area (Å²) < 4.78 is 0. The highest BCUT2D eigenvalue weighted by atomic mass is 32.1. The Bertz CT molecular complexity index is 539. The number of hydrogen-bond donors (Lipinski definition) is 2. The van der Waals surface area contributed by atoms with Gasteiger partial charge >= 0.3 is 0 Å². The number of aliphatic hydroxyl groups excluding tert-OH is 1. The average Bonchev–Trinajstić information content (AvgIpc) is 2.83. The van der Waals surface area contributed by atoms with Crippen LogP contribution in [0.4, 0.5) is 0 Å². The van der Waals surface area contributed by atoms with Crippen LogP contribution in [0.2, 0.25) is 0 Å². The Kier molecular flexibility index (Phi) is 4.65. The summed E-state index contributed by atoms with van der Waals surface area (Å²) in [6.07, 6.45) is 1.07. The number of carbonyl (C=O) groups is 1. The molecule has 0 fully saturated rings. The van der Waals surface area contributed by atoms with Crippen molar-refractivity contribution in [2.24, 2.45) is 0 Å². The summed E-state index contributed by atoms with van der Waals surface area (Å²) in [6, 6.07) is 9.19. The van der Waals surface area contributed by atoms with Gasteiger partial charge in [-0.25, -0.2) is 4.98 Å². The van der Waals surface area contributed by atoms with Gasteiger partial charge in [0.1, 0.15) is 0 Å². The number of aryl methyl sites for hydroxylation is 1. The predicted molar refractivity (Wildman–Crippen MR) is 74.7 cm³/mol. The number of amides is 1. The molecule has 0 aliphatic carbocycles. The van der Waals surface area contributed by atoms with E-state index < -0.39 is 6.10 Å². The molecule has 0 saturated heterocycles. The van der Waals surface area contributed by atoms with Crippen molar-refractivity contribution in [3.63, 3.8) is 0 Å². The molecular formula is C14H16N2O2S. The lowest BCUT2D eigenvalue weighted by Crippen LogP contribution is -2.24. The van der Waals surface area contributed by atoms with Crippen molar-refractivity contribution in [1.82, 2.24) is 10.3 Å². The molecule has 0 radical (unpaired) electrons. The standard InChI is InChI=1S/C14H16N2O2S/c1-10-15-8-12(19-10)9-16-14(18)7-13(17)11-5-3-2-4-6-11/h2-6,8,13,17H,7,9H2,1H3,(H,16,18). The Labute approximate surface area is 116 Å². The quantitative estimate of drug-likeness (QED) is 0.880. The van der Waals surface area contributed by atoms with Crippen LogP contribution in [0.25, 0.3) is 0 Å². The number of nitrogens with one attached hydrogen (secondary N) is 1. The summed E-state index contributed by atoms with van der Waals surface area (Å²) >= 11 is 1.56. The van der Waals surface area contributed by atoms with Crippen molar-refractivity contribution in [1.29, 1.82) is 0 Å². The van der Waals surface area contributed by atoms with E-state index in [2.05, 4.69) is 10.3 Å². The van der Waals surface area contributed by atoms with Crippen LogP contribution in [0.5, 0.6) is 0 Å². The zero-order valence-corrected chi connectivity index (χ0v) is 11.5. The maximum atomic E-state index is 11.7. The van der Waals surface area contributed by atoms with E-state index in [1.165, 1.54) is 0 Å². The molecule has 0 spiro atoms. The van der Waals surface area contributed by atoms with Crippen LogP contribution in [0.15, 0.2) is 36.5 Å². The number of aromatic nitrogens is 1. The van der Waals surface area contributed by atoms with E-state index >= 15 is 0 Å². The van der Waals surface area contributed by atoms with Crippen LogP contribution in [0.1, 0.15) is 28.0 Å². The highest BCUT2D eigenvalue weighted by molar-refractivity contribution is 7.11. The second-order valence-corrected chi connectivity index (χ2v) is 5.57. The van der Waals surface area contributed by atoms with Gasteiger partial charge in [0, 0.05) is 11.1 Å². The smallest absolute Gasteiger partial charge is 0.223 e. The zero-order valence-electron chi connectivity index (χ0n) is 10.7. The molecule has 0 aliphatic heterocycles. The molecular weight excluding hydrogens is 260 g/mol. The summed E-state index contributed by atoms with van der Waals surface area (Å²) in [7, 11) is 0. The van der Waals surface area contributed by atoms with Gasteiger partial charge in [-0.05, 0) is 12.5 Å². The lowest BCUT2D eigenvalue weighted by molar-refractivity contribution is -0.123. The van der Waals surface area contributed by atoms with Gasteiger partial charge in [-0.3, -0.25) is 4.79 Å². The number of nitrogens with zero attached hydrogens (tertiary/aromatic N) is 1. The first-order chi connectivity index (χ1) is 9.15. The molecule has 0 bridgehead atoms. The largest absolute Gasteiger partial charge is 0.388 e. The van der Waals surface area contributed by atoms with Crippen LogP contribution in [0.3, 0.4) is 0 Å². The molecule has 2 N–H and O–H groups in total. The van der Waals surface area contributed by atoms with Gasteiger partial charge in [-0.2, -0.15) is 0 Å². The van der Waals surface area contributed by atoms with Crippen molar-refractivity contribution in [3.05, 3.63) is 52.0 Å². The second-order valence-electron chi connectivity index (χ2n) is 4.25. The Morgan fingerprint density at radius 2 is 2.16 bits per heavy atom. The van der Waals surface area contributed by atoms with E-state index in [4.69, 9.17) is 0 Å². The first-order valence-corrected chi connectivity index (χ1v) is 6.88. The number of aliphatic hydroxyl groups is 1. The van der Waals surface area contributed by atoms with Crippen molar-refractivity contribution in [2.45, 2.75) is 26.0 Å². The van der Waals surface area contributed by atoms with E-state index in [1.54, 1.807) is 17.5 Å². The monoisotopic (exact) mass is 276 g/mol. The highest BCUT2D eigenvalue weighted by Gasteiger charge is 2.12. The molecule has 4 nitrogen and oxygen atoms in total. The van der Waals surface area contributed by atoms with Crippen LogP contribution in [-0.2, 0) is 11.3 Å². The van der Waals surface area contributed by atoms with E-state index in [-0.39, 0.29) is 12.3 Å². The fourth-order valence-corrected chi connectivity index (χ4v) is 2.45. The number of rotatable bonds is 5. The van der Waals surface area contributed by atoms with Crippen LogP contribution >= 0.6 is 11.3 Å². The van der Waals surface area contributed by atoms with Crippen molar-refractivity contribution < 1.29 is 9.90 Å². The van der Waals surface area contributed by atoms with Crippen molar-refractivity contribution in [2.75, 3.05) is 0 Å². The average molecular weight is 276 g/mol. The first kappa shape index (κ1) is 13.7.